The van der Waals surface area contributed by atoms with Crippen molar-refractivity contribution < 1.29 is 9.18 Å². The molecule has 0 spiro atoms. The summed E-state index contributed by atoms with van der Waals surface area (Å²) in [6.45, 7) is 1.52. The molecule has 1 saturated heterocycles. The summed E-state index contributed by atoms with van der Waals surface area (Å²) < 4.78 is 13.4. The molecule has 2 aromatic rings. The smallest absolute Gasteiger partial charge is 0.227 e. The summed E-state index contributed by atoms with van der Waals surface area (Å²) in [7, 11) is 0. The summed E-state index contributed by atoms with van der Waals surface area (Å²) in [6.07, 6.45) is 5.29. The molecule has 3 aliphatic rings. The van der Waals surface area contributed by atoms with Gasteiger partial charge in [-0.3, -0.25) is 4.79 Å². The number of hydrogen-bond acceptors (Lipinski definition) is 3. The van der Waals surface area contributed by atoms with Crippen LogP contribution in [0.1, 0.15) is 43.8 Å². The Bertz CT molecular complexity index is 839. The third-order valence-corrected chi connectivity index (χ3v) is 6.92. The molecular weight excluding hydrogens is 331 g/mol. The monoisotopic (exact) mass is 356 g/mol. The molecule has 3 fully saturated rings. The Labute approximate surface area is 152 Å². The largest absolute Gasteiger partial charge is 0.342 e. The number of fused-ring (bicyclic) bond motifs is 3. The first-order valence-corrected chi connectivity index (χ1v) is 9.79. The Morgan fingerprint density at radius 3 is 2.69 bits per heavy atom. The van der Waals surface area contributed by atoms with Crippen LogP contribution >= 0.6 is 0 Å². The predicted octanol–water partition coefficient (Wildman–Crippen LogP) is 2.78. The first kappa shape index (κ1) is 16.2. The highest BCUT2D eigenvalue weighted by atomic mass is 19.1. The number of nitrogens with two attached hydrogens (primary N) is 1. The number of aromatic nitrogens is 2. The minimum Gasteiger partial charge on any atom is -0.342 e. The maximum Gasteiger partial charge on any atom is 0.227 e. The third-order valence-electron chi connectivity index (χ3n) is 6.92. The van der Waals surface area contributed by atoms with Gasteiger partial charge in [0.25, 0.3) is 0 Å². The van der Waals surface area contributed by atoms with E-state index in [-0.39, 0.29) is 23.7 Å². The van der Waals surface area contributed by atoms with Gasteiger partial charge in [-0.25, -0.2) is 9.37 Å². The second kappa shape index (κ2) is 6.05. The van der Waals surface area contributed by atoms with E-state index in [1.54, 1.807) is 6.07 Å². The van der Waals surface area contributed by atoms with Crippen LogP contribution in [0.3, 0.4) is 0 Å². The van der Waals surface area contributed by atoms with Crippen molar-refractivity contribution in [3.63, 3.8) is 0 Å². The molecule has 1 aliphatic heterocycles. The zero-order chi connectivity index (χ0) is 17.8. The van der Waals surface area contributed by atoms with Crippen molar-refractivity contribution in [2.24, 2.45) is 23.5 Å². The predicted molar refractivity (Wildman–Crippen MR) is 96.9 cm³/mol. The van der Waals surface area contributed by atoms with Crippen molar-refractivity contribution in [2.45, 2.75) is 44.1 Å². The van der Waals surface area contributed by atoms with Crippen LogP contribution in [0.4, 0.5) is 4.39 Å². The summed E-state index contributed by atoms with van der Waals surface area (Å²) in [4.78, 5) is 22.9. The number of carbonyl (C=O) groups excluding carboxylic acids is 1. The molecule has 5 rings (SSSR count). The zero-order valence-electron chi connectivity index (χ0n) is 14.8. The minimum absolute atomic E-state index is 0.0412. The molecule has 2 aliphatic carbocycles. The van der Waals surface area contributed by atoms with Crippen LogP contribution in [0.25, 0.3) is 11.0 Å². The average Bonchev–Trinajstić information content (AvgIpc) is 3.35. The number of carbonyl (C=O) groups is 1. The van der Waals surface area contributed by atoms with Crippen molar-refractivity contribution >= 4 is 16.9 Å². The van der Waals surface area contributed by atoms with Crippen LogP contribution in [0, 0.1) is 23.6 Å². The van der Waals surface area contributed by atoms with Gasteiger partial charge in [-0.15, -0.1) is 0 Å². The van der Waals surface area contributed by atoms with E-state index >= 15 is 0 Å². The number of hydrogen-bond donors (Lipinski definition) is 2. The number of H-pyrrole nitrogens is 1. The Morgan fingerprint density at radius 2 is 1.96 bits per heavy atom. The lowest BCUT2D eigenvalue weighted by atomic mass is 9.83. The van der Waals surface area contributed by atoms with Crippen molar-refractivity contribution in [1.82, 2.24) is 14.9 Å². The van der Waals surface area contributed by atoms with Gasteiger partial charge >= 0.3 is 0 Å². The maximum absolute atomic E-state index is 13.4. The number of imidazole rings is 1. The highest BCUT2D eigenvalue weighted by molar-refractivity contribution is 5.81. The molecule has 2 bridgehead atoms. The van der Waals surface area contributed by atoms with Crippen molar-refractivity contribution in [3.8, 4) is 0 Å². The van der Waals surface area contributed by atoms with Gasteiger partial charge in [0.15, 0.2) is 0 Å². The van der Waals surface area contributed by atoms with Gasteiger partial charge < -0.3 is 15.6 Å². The maximum atomic E-state index is 13.4. The number of likely N-dealkylation sites (tertiary alicyclic amines) is 1. The van der Waals surface area contributed by atoms with Crippen molar-refractivity contribution in [2.75, 3.05) is 13.1 Å². The molecule has 1 aromatic heterocycles. The zero-order valence-corrected chi connectivity index (χ0v) is 14.8. The van der Waals surface area contributed by atoms with Gasteiger partial charge in [0.2, 0.25) is 5.91 Å². The fourth-order valence-corrected chi connectivity index (χ4v) is 5.48. The molecule has 1 amide bonds. The number of nitrogens with one attached hydrogen (secondary N) is 1. The van der Waals surface area contributed by atoms with E-state index in [2.05, 4.69) is 9.97 Å². The summed E-state index contributed by atoms with van der Waals surface area (Å²) in [6, 6.07) is 4.69. The Hall–Kier alpha value is -1.95. The van der Waals surface area contributed by atoms with Gasteiger partial charge in [-0.05, 0) is 62.1 Å². The van der Waals surface area contributed by atoms with E-state index in [0.29, 0.717) is 17.8 Å². The van der Waals surface area contributed by atoms with E-state index in [1.807, 2.05) is 4.90 Å². The van der Waals surface area contributed by atoms with Crippen LogP contribution in [0.2, 0.25) is 0 Å². The lowest BCUT2D eigenvalue weighted by molar-refractivity contribution is -0.138. The number of benzene rings is 1. The Morgan fingerprint density at radius 1 is 1.19 bits per heavy atom. The van der Waals surface area contributed by atoms with Crippen LogP contribution < -0.4 is 5.73 Å². The molecule has 4 atom stereocenters. The lowest BCUT2D eigenvalue weighted by Crippen LogP contribution is -2.49. The second-order valence-electron chi connectivity index (χ2n) is 8.32. The van der Waals surface area contributed by atoms with E-state index in [1.165, 1.54) is 25.0 Å². The van der Waals surface area contributed by atoms with Crippen LogP contribution in [0.15, 0.2) is 18.2 Å². The van der Waals surface area contributed by atoms with Crippen molar-refractivity contribution in [3.05, 3.63) is 29.8 Å². The average molecular weight is 356 g/mol. The highest BCUT2D eigenvalue weighted by Gasteiger charge is 2.50. The summed E-state index contributed by atoms with van der Waals surface area (Å²) in [5.74, 6) is 2.33. The first-order valence-electron chi connectivity index (χ1n) is 9.79. The topological polar surface area (TPSA) is 75.0 Å². The molecule has 0 radical (unpaired) electrons. The number of nitrogens with zero attached hydrogens (tertiary/aromatic N) is 2. The molecule has 26 heavy (non-hydrogen) atoms. The lowest BCUT2D eigenvalue weighted by Gasteiger charge is -2.36. The van der Waals surface area contributed by atoms with Crippen LogP contribution in [0.5, 0.6) is 0 Å². The van der Waals surface area contributed by atoms with E-state index in [4.69, 9.17) is 5.73 Å². The minimum atomic E-state index is -0.254. The number of amides is 1. The molecule has 2 saturated carbocycles. The molecule has 138 valence electrons. The van der Waals surface area contributed by atoms with E-state index < -0.39 is 0 Å². The number of rotatable bonds is 2. The van der Waals surface area contributed by atoms with E-state index in [9.17, 15) is 9.18 Å². The van der Waals surface area contributed by atoms with Gasteiger partial charge in [0, 0.05) is 25.0 Å². The number of halogens is 1. The standard InChI is InChI=1S/C20H25FN4O/c21-14-3-4-15-16(10-14)24-19(23-15)11-5-7-25(8-6-11)20(26)17-12-1-2-13(9-12)18(17)22/h3-4,10-13,17-18H,1-2,5-9,22H2,(H,23,24)/t12-,13+,17-,18+/m1/s1. The van der Waals surface area contributed by atoms with Crippen molar-refractivity contribution in [1.29, 1.82) is 0 Å². The third kappa shape index (κ3) is 2.54. The highest BCUT2D eigenvalue weighted by Crippen LogP contribution is 2.48. The van der Waals surface area contributed by atoms with E-state index in [0.717, 1.165) is 49.2 Å². The van der Waals surface area contributed by atoms with Crippen LogP contribution in [-0.2, 0) is 4.79 Å². The van der Waals surface area contributed by atoms with Gasteiger partial charge in [-0.2, -0.15) is 0 Å². The quantitative estimate of drug-likeness (QED) is 0.869. The first-order chi connectivity index (χ1) is 12.6. The molecule has 6 heteroatoms. The molecule has 1 aromatic carbocycles. The molecule has 0 unspecified atom stereocenters. The normalized spacial score (nSPS) is 31.8. The molecular formula is C20H25FN4O. The molecule has 2 heterocycles. The van der Waals surface area contributed by atoms with Gasteiger partial charge in [-0.1, -0.05) is 0 Å². The Balaban J connectivity index is 1.26. The summed E-state index contributed by atoms with van der Waals surface area (Å²) in [5.41, 5.74) is 7.89. The second-order valence-corrected chi connectivity index (χ2v) is 8.32. The molecule has 5 nitrogen and oxygen atoms in total. The fourth-order valence-electron chi connectivity index (χ4n) is 5.48. The van der Waals surface area contributed by atoms with Crippen LogP contribution in [-0.4, -0.2) is 39.9 Å². The number of aromatic amines is 1. The summed E-state index contributed by atoms with van der Waals surface area (Å²) in [5, 5.41) is 0. The van der Waals surface area contributed by atoms with Gasteiger partial charge in [0.1, 0.15) is 11.6 Å². The molecule has 3 N–H and O–H groups in total. The van der Waals surface area contributed by atoms with Gasteiger partial charge in [0.05, 0.1) is 17.0 Å². The Kier molecular flexibility index (Phi) is 3.78. The fraction of sp³-hybridized carbons (Fsp3) is 0.600. The summed E-state index contributed by atoms with van der Waals surface area (Å²) >= 11 is 0. The number of piperidine rings is 1. The SMILES string of the molecule is N[C@H]1[C@H]2CC[C@H](C2)[C@H]1C(=O)N1CCC(c2nc3ccc(F)cc3[nH]2)CC1.